The van der Waals surface area contributed by atoms with Gasteiger partial charge < -0.3 is 9.47 Å². The minimum Gasteiger partial charge on any atom is -0.494 e. The molecule has 3 nitrogen and oxygen atoms in total. The minimum atomic E-state index is -5.06. The molecular weight excluding hydrogens is 430 g/mol. The van der Waals surface area contributed by atoms with E-state index in [2.05, 4.69) is 4.98 Å². The fourth-order valence-electron chi connectivity index (χ4n) is 2.81. The molecule has 164 valence electrons. The van der Waals surface area contributed by atoms with E-state index in [0.29, 0.717) is 29.7 Å². The van der Waals surface area contributed by atoms with E-state index in [0.717, 1.165) is 23.9 Å². The number of thioether (sulfide) groups is 1. The van der Waals surface area contributed by atoms with Crippen molar-refractivity contribution in [3.8, 4) is 17.4 Å². The lowest BCUT2D eigenvalue weighted by Crippen LogP contribution is -2.40. The first-order chi connectivity index (χ1) is 14.8. The van der Waals surface area contributed by atoms with Gasteiger partial charge in [-0.15, -0.1) is 0 Å². The van der Waals surface area contributed by atoms with Crippen molar-refractivity contribution in [3.05, 3.63) is 84.1 Å². The number of para-hydroxylation sites is 1. The van der Waals surface area contributed by atoms with E-state index >= 15 is 4.39 Å². The fraction of sp³-hybridized carbons (Fsp3) is 0.261. The summed E-state index contributed by atoms with van der Waals surface area (Å²) in [4.78, 5) is 4.29. The lowest BCUT2D eigenvalue weighted by molar-refractivity contribution is -0.226. The molecule has 0 aliphatic heterocycles. The van der Waals surface area contributed by atoms with Gasteiger partial charge in [-0.2, -0.15) is 24.9 Å². The molecule has 0 saturated heterocycles. The summed E-state index contributed by atoms with van der Waals surface area (Å²) in [5, 5.41) is 0. The largest absolute Gasteiger partial charge is 0.494 e. The SMILES string of the molecule is CCOc1ccc(C(F)(CSCc2cccc(Oc3ccccc3)n2)C(F)(F)F)cc1. The summed E-state index contributed by atoms with van der Waals surface area (Å²) in [6, 6.07) is 18.9. The molecule has 0 aliphatic rings. The lowest BCUT2D eigenvalue weighted by Gasteiger charge is -2.28. The zero-order valence-corrected chi connectivity index (χ0v) is 17.5. The van der Waals surface area contributed by atoms with Crippen molar-refractivity contribution in [2.45, 2.75) is 24.5 Å². The molecule has 8 heteroatoms. The molecule has 0 fully saturated rings. The van der Waals surface area contributed by atoms with E-state index in [1.807, 2.05) is 18.2 Å². The van der Waals surface area contributed by atoms with Gasteiger partial charge in [-0.3, -0.25) is 0 Å². The summed E-state index contributed by atoms with van der Waals surface area (Å²) in [7, 11) is 0. The second-order valence-electron chi connectivity index (χ2n) is 6.63. The first-order valence-corrected chi connectivity index (χ1v) is 10.7. The predicted octanol–water partition coefficient (Wildman–Crippen LogP) is 6.93. The predicted molar refractivity (Wildman–Crippen MR) is 113 cm³/mol. The third-order valence-electron chi connectivity index (χ3n) is 4.37. The number of rotatable bonds is 9. The Morgan fingerprint density at radius 2 is 1.55 bits per heavy atom. The van der Waals surface area contributed by atoms with Crippen LogP contribution in [0.2, 0.25) is 0 Å². The zero-order chi connectivity index (χ0) is 22.3. The number of halogens is 4. The molecule has 31 heavy (non-hydrogen) atoms. The Morgan fingerprint density at radius 3 is 2.19 bits per heavy atom. The summed E-state index contributed by atoms with van der Waals surface area (Å²) in [6.07, 6.45) is -5.06. The van der Waals surface area contributed by atoms with Crippen molar-refractivity contribution in [2.24, 2.45) is 0 Å². The molecule has 0 bridgehead atoms. The highest BCUT2D eigenvalue weighted by atomic mass is 32.2. The van der Waals surface area contributed by atoms with Crippen LogP contribution in [0.3, 0.4) is 0 Å². The number of aromatic nitrogens is 1. The molecule has 1 atom stereocenters. The Labute approximate surface area is 182 Å². The number of nitrogens with zero attached hydrogens (tertiary/aromatic N) is 1. The maximum absolute atomic E-state index is 15.2. The average Bonchev–Trinajstić information content (AvgIpc) is 2.75. The van der Waals surface area contributed by atoms with Crippen molar-refractivity contribution in [1.29, 1.82) is 0 Å². The van der Waals surface area contributed by atoms with E-state index in [-0.39, 0.29) is 5.75 Å². The van der Waals surface area contributed by atoms with Crippen LogP contribution in [-0.2, 0) is 11.4 Å². The summed E-state index contributed by atoms with van der Waals surface area (Å²) in [5.74, 6) is 0.608. The van der Waals surface area contributed by atoms with Gasteiger partial charge in [0.2, 0.25) is 11.5 Å². The molecule has 3 rings (SSSR count). The third-order valence-corrected chi connectivity index (χ3v) is 5.47. The number of pyridine rings is 1. The summed E-state index contributed by atoms with van der Waals surface area (Å²) in [6.45, 7) is 2.13. The molecule has 1 aromatic heterocycles. The van der Waals surface area contributed by atoms with E-state index in [4.69, 9.17) is 9.47 Å². The molecule has 0 radical (unpaired) electrons. The first kappa shape index (κ1) is 22.9. The average molecular weight is 451 g/mol. The molecule has 0 aliphatic carbocycles. The normalized spacial score (nSPS) is 13.5. The summed E-state index contributed by atoms with van der Waals surface area (Å²) < 4.78 is 66.9. The quantitative estimate of drug-likeness (QED) is 0.330. The van der Waals surface area contributed by atoms with Crippen LogP contribution in [0.15, 0.2) is 72.8 Å². The number of hydrogen-bond acceptors (Lipinski definition) is 4. The highest BCUT2D eigenvalue weighted by Crippen LogP contribution is 2.45. The molecule has 0 N–H and O–H groups in total. The van der Waals surface area contributed by atoms with Crippen LogP contribution in [0.25, 0.3) is 0 Å². The van der Waals surface area contributed by atoms with Crippen LogP contribution >= 0.6 is 11.8 Å². The van der Waals surface area contributed by atoms with E-state index in [1.54, 1.807) is 37.3 Å². The molecule has 2 aromatic carbocycles. The Balaban J connectivity index is 1.68. The number of hydrogen-bond donors (Lipinski definition) is 0. The van der Waals surface area contributed by atoms with Crippen LogP contribution in [0.5, 0.6) is 17.4 Å². The van der Waals surface area contributed by atoms with Gasteiger partial charge in [-0.1, -0.05) is 36.4 Å². The monoisotopic (exact) mass is 451 g/mol. The fourth-order valence-corrected chi connectivity index (χ4v) is 3.89. The Bertz CT molecular complexity index is 967. The molecule has 1 heterocycles. The lowest BCUT2D eigenvalue weighted by atomic mass is 9.97. The Hall–Kier alpha value is -2.74. The van der Waals surface area contributed by atoms with Crippen molar-refractivity contribution in [3.63, 3.8) is 0 Å². The third kappa shape index (κ3) is 5.91. The summed E-state index contributed by atoms with van der Waals surface area (Å²) in [5.41, 5.74) is -3.44. The van der Waals surface area contributed by atoms with Crippen LogP contribution in [0, 0.1) is 0 Å². The second-order valence-corrected chi connectivity index (χ2v) is 7.62. The topological polar surface area (TPSA) is 31.4 Å². The number of benzene rings is 2. The van der Waals surface area contributed by atoms with Gasteiger partial charge in [0.25, 0.3) is 0 Å². The highest BCUT2D eigenvalue weighted by molar-refractivity contribution is 7.98. The van der Waals surface area contributed by atoms with Gasteiger partial charge in [0.15, 0.2) is 0 Å². The maximum Gasteiger partial charge on any atom is 0.427 e. The maximum atomic E-state index is 15.2. The van der Waals surface area contributed by atoms with Crippen molar-refractivity contribution in [1.82, 2.24) is 4.98 Å². The van der Waals surface area contributed by atoms with Gasteiger partial charge in [0.05, 0.1) is 12.3 Å². The molecule has 3 aromatic rings. The smallest absolute Gasteiger partial charge is 0.427 e. The van der Waals surface area contributed by atoms with Gasteiger partial charge in [0.1, 0.15) is 11.5 Å². The summed E-state index contributed by atoms with van der Waals surface area (Å²) >= 11 is 0.820. The van der Waals surface area contributed by atoms with E-state index in [9.17, 15) is 13.2 Å². The van der Waals surface area contributed by atoms with E-state index in [1.165, 1.54) is 12.1 Å². The van der Waals surface area contributed by atoms with Crippen LogP contribution in [-0.4, -0.2) is 23.5 Å². The van der Waals surface area contributed by atoms with E-state index < -0.39 is 23.2 Å². The van der Waals surface area contributed by atoms with Crippen molar-refractivity contribution in [2.75, 3.05) is 12.4 Å². The van der Waals surface area contributed by atoms with Gasteiger partial charge >= 0.3 is 6.18 Å². The molecule has 0 amide bonds. The number of alkyl halides is 4. The van der Waals surface area contributed by atoms with Gasteiger partial charge in [-0.05, 0) is 42.8 Å². The minimum absolute atomic E-state index is 0.102. The second kappa shape index (κ2) is 10.0. The van der Waals surface area contributed by atoms with Crippen molar-refractivity contribution >= 4 is 11.8 Å². The van der Waals surface area contributed by atoms with Crippen LogP contribution in [0.1, 0.15) is 18.2 Å². The van der Waals surface area contributed by atoms with Crippen LogP contribution < -0.4 is 9.47 Å². The molecule has 1 unspecified atom stereocenters. The Morgan fingerprint density at radius 1 is 0.839 bits per heavy atom. The molecule has 0 saturated carbocycles. The number of ether oxygens (including phenoxy) is 2. The molecule has 0 spiro atoms. The van der Waals surface area contributed by atoms with Gasteiger partial charge in [-0.25, -0.2) is 9.37 Å². The first-order valence-electron chi connectivity index (χ1n) is 9.57. The van der Waals surface area contributed by atoms with Crippen molar-refractivity contribution < 1.29 is 27.0 Å². The standard InChI is InChI=1S/C23H21F4NO2S/c1-2-29-19-13-11-17(12-14-19)22(24,23(25,26)27)16-31-15-18-7-6-10-21(28-18)30-20-8-4-3-5-9-20/h3-14H,2,15-16H2,1H3. The van der Waals surface area contributed by atoms with Crippen LogP contribution in [0.4, 0.5) is 17.6 Å². The highest BCUT2D eigenvalue weighted by Gasteiger charge is 2.57. The molecular formula is C23H21F4NO2S. The Kier molecular flexibility index (Phi) is 7.43. The zero-order valence-electron chi connectivity index (χ0n) is 16.7. The van der Waals surface area contributed by atoms with Gasteiger partial charge in [0, 0.05) is 17.6 Å².